The molecule has 0 heterocycles. The predicted octanol–water partition coefficient (Wildman–Crippen LogP) is 4.85. The third-order valence-corrected chi connectivity index (χ3v) is 3.57. The number of phenolic OH excluding ortho intramolecular Hbond substituents is 1. The van der Waals surface area contributed by atoms with Crippen LogP contribution in [0.5, 0.6) is 5.75 Å². The largest absolute Gasteiger partial charge is 0.504 e. The summed E-state index contributed by atoms with van der Waals surface area (Å²) in [5.41, 5.74) is 0.293. The molecule has 0 aliphatic heterocycles. The van der Waals surface area contributed by atoms with E-state index in [0.717, 1.165) is 6.07 Å². The molecule has 0 fully saturated rings. The number of amides is 1. The van der Waals surface area contributed by atoms with Crippen LogP contribution >= 0.6 is 39.1 Å². The SMILES string of the molecule is O=C(Nc1cc(Cl)cc(Cl)c1O)c1ccc(F)c(Br)c1. The maximum Gasteiger partial charge on any atom is 0.255 e. The molecule has 0 atom stereocenters. The van der Waals surface area contributed by atoms with Gasteiger partial charge < -0.3 is 10.4 Å². The maximum absolute atomic E-state index is 13.1. The van der Waals surface area contributed by atoms with E-state index in [-0.39, 0.29) is 31.5 Å². The van der Waals surface area contributed by atoms with Crippen LogP contribution in [0.2, 0.25) is 10.0 Å². The van der Waals surface area contributed by atoms with Crippen molar-refractivity contribution in [2.75, 3.05) is 5.32 Å². The Hall–Kier alpha value is -1.30. The zero-order chi connectivity index (χ0) is 14.9. The summed E-state index contributed by atoms with van der Waals surface area (Å²) < 4.78 is 13.3. The minimum atomic E-state index is -0.528. The molecule has 0 saturated carbocycles. The van der Waals surface area contributed by atoms with Gasteiger partial charge >= 0.3 is 0 Å². The molecule has 1 amide bonds. The molecule has 0 aliphatic rings. The van der Waals surface area contributed by atoms with Crippen LogP contribution < -0.4 is 5.32 Å². The van der Waals surface area contributed by atoms with Gasteiger partial charge in [-0.15, -0.1) is 0 Å². The summed E-state index contributed by atoms with van der Waals surface area (Å²) in [4.78, 5) is 12.0. The first kappa shape index (κ1) is 15.1. The van der Waals surface area contributed by atoms with Gasteiger partial charge in [-0.3, -0.25) is 4.79 Å². The highest BCUT2D eigenvalue weighted by Gasteiger charge is 2.13. The molecular formula is C13H7BrCl2FNO2. The smallest absolute Gasteiger partial charge is 0.255 e. The van der Waals surface area contributed by atoms with Crippen molar-refractivity contribution in [2.45, 2.75) is 0 Å². The van der Waals surface area contributed by atoms with Crippen LogP contribution in [0.3, 0.4) is 0 Å². The molecule has 2 rings (SSSR count). The highest BCUT2D eigenvalue weighted by atomic mass is 79.9. The lowest BCUT2D eigenvalue weighted by Gasteiger charge is -2.09. The van der Waals surface area contributed by atoms with Gasteiger partial charge in [0.1, 0.15) is 5.82 Å². The zero-order valence-electron chi connectivity index (χ0n) is 9.75. The monoisotopic (exact) mass is 377 g/mol. The number of carbonyl (C=O) groups excluding carboxylic acids is 1. The fourth-order valence-electron chi connectivity index (χ4n) is 1.49. The number of hydrogen-bond donors (Lipinski definition) is 2. The average molecular weight is 379 g/mol. The van der Waals surface area contributed by atoms with Gasteiger partial charge in [0.15, 0.2) is 5.75 Å². The number of anilines is 1. The van der Waals surface area contributed by atoms with Gasteiger partial charge in [0.25, 0.3) is 5.91 Å². The Morgan fingerprint density at radius 2 is 1.95 bits per heavy atom. The second-order valence-electron chi connectivity index (χ2n) is 3.87. The summed E-state index contributed by atoms with van der Waals surface area (Å²) in [6, 6.07) is 6.51. The second kappa shape index (κ2) is 5.99. The Kier molecular flexibility index (Phi) is 4.52. The first-order chi connectivity index (χ1) is 9.38. The minimum absolute atomic E-state index is 0.0214. The first-order valence-electron chi connectivity index (χ1n) is 5.33. The Morgan fingerprint density at radius 3 is 2.60 bits per heavy atom. The number of halogens is 4. The fourth-order valence-corrected chi connectivity index (χ4v) is 2.37. The van der Waals surface area contributed by atoms with Crippen molar-refractivity contribution in [1.82, 2.24) is 0 Å². The van der Waals surface area contributed by atoms with Gasteiger partial charge in [-0.1, -0.05) is 23.2 Å². The lowest BCUT2D eigenvalue weighted by atomic mass is 10.2. The zero-order valence-corrected chi connectivity index (χ0v) is 12.9. The number of nitrogens with one attached hydrogen (secondary N) is 1. The topological polar surface area (TPSA) is 49.3 Å². The lowest BCUT2D eigenvalue weighted by Crippen LogP contribution is -2.12. The van der Waals surface area contributed by atoms with Crippen molar-refractivity contribution in [3.63, 3.8) is 0 Å². The van der Waals surface area contributed by atoms with E-state index in [0.29, 0.717) is 0 Å². The van der Waals surface area contributed by atoms with E-state index in [9.17, 15) is 14.3 Å². The van der Waals surface area contributed by atoms with Crippen molar-refractivity contribution in [3.8, 4) is 5.75 Å². The van der Waals surface area contributed by atoms with E-state index in [1.807, 2.05) is 0 Å². The van der Waals surface area contributed by atoms with E-state index < -0.39 is 11.7 Å². The van der Waals surface area contributed by atoms with Crippen LogP contribution in [0.1, 0.15) is 10.4 Å². The van der Waals surface area contributed by atoms with Crippen LogP contribution in [0.15, 0.2) is 34.8 Å². The molecule has 2 aromatic carbocycles. The fraction of sp³-hybridized carbons (Fsp3) is 0. The third kappa shape index (κ3) is 3.23. The van der Waals surface area contributed by atoms with Gasteiger partial charge in [0.2, 0.25) is 0 Å². The van der Waals surface area contributed by atoms with Crippen molar-refractivity contribution in [3.05, 3.63) is 56.2 Å². The summed E-state index contributed by atoms with van der Waals surface area (Å²) in [6.07, 6.45) is 0. The number of carbonyl (C=O) groups is 1. The van der Waals surface area contributed by atoms with Crippen LogP contribution in [0.25, 0.3) is 0 Å². The van der Waals surface area contributed by atoms with E-state index in [2.05, 4.69) is 21.2 Å². The third-order valence-electron chi connectivity index (χ3n) is 2.46. The van der Waals surface area contributed by atoms with E-state index >= 15 is 0 Å². The first-order valence-corrected chi connectivity index (χ1v) is 6.88. The Morgan fingerprint density at radius 1 is 1.25 bits per heavy atom. The molecule has 0 aliphatic carbocycles. The molecule has 0 spiro atoms. The molecule has 0 bridgehead atoms. The van der Waals surface area contributed by atoms with Crippen LogP contribution in [0.4, 0.5) is 10.1 Å². The van der Waals surface area contributed by atoms with Crippen LogP contribution in [0, 0.1) is 5.82 Å². The minimum Gasteiger partial charge on any atom is -0.504 e. The summed E-state index contributed by atoms with van der Waals surface area (Å²) in [5.74, 6) is -1.29. The molecule has 20 heavy (non-hydrogen) atoms. The van der Waals surface area contributed by atoms with Gasteiger partial charge in [-0.25, -0.2) is 4.39 Å². The molecule has 2 aromatic rings. The van der Waals surface area contributed by atoms with E-state index in [1.54, 1.807) is 0 Å². The molecule has 0 aromatic heterocycles. The second-order valence-corrected chi connectivity index (χ2v) is 5.56. The Balaban J connectivity index is 2.30. The maximum atomic E-state index is 13.1. The lowest BCUT2D eigenvalue weighted by molar-refractivity contribution is 0.102. The van der Waals surface area contributed by atoms with E-state index in [1.165, 1.54) is 24.3 Å². The van der Waals surface area contributed by atoms with Crippen molar-refractivity contribution >= 4 is 50.7 Å². The molecule has 0 saturated heterocycles. The molecule has 3 nitrogen and oxygen atoms in total. The predicted molar refractivity (Wildman–Crippen MR) is 80.2 cm³/mol. The van der Waals surface area contributed by atoms with Crippen molar-refractivity contribution < 1.29 is 14.3 Å². The highest BCUT2D eigenvalue weighted by molar-refractivity contribution is 9.10. The molecule has 2 N–H and O–H groups in total. The Bertz CT molecular complexity index is 694. The Labute approximate surface area is 132 Å². The number of phenols is 1. The summed E-state index contributed by atoms with van der Waals surface area (Å²) in [6.45, 7) is 0. The molecular weight excluding hydrogens is 372 g/mol. The molecule has 104 valence electrons. The summed E-state index contributed by atoms with van der Waals surface area (Å²) >= 11 is 14.5. The number of rotatable bonds is 2. The van der Waals surface area contributed by atoms with Gasteiger partial charge in [0, 0.05) is 10.6 Å². The van der Waals surface area contributed by atoms with Crippen molar-refractivity contribution in [2.24, 2.45) is 0 Å². The van der Waals surface area contributed by atoms with Gasteiger partial charge in [0.05, 0.1) is 15.2 Å². The molecule has 7 heteroatoms. The average Bonchev–Trinajstić information content (AvgIpc) is 2.38. The van der Waals surface area contributed by atoms with Gasteiger partial charge in [-0.05, 0) is 46.3 Å². The van der Waals surface area contributed by atoms with Gasteiger partial charge in [-0.2, -0.15) is 0 Å². The van der Waals surface area contributed by atoms with Crippen molar-refractivity contribution in [1.29, 1.82) is 0 Å². The normalized spacial score (nSPS) is 10.4. The number of hydrogen-bond acceptors (Lipinski definition) is 2. The van der Waals surface area contributed by atoms with E-state index in [4.69, 9.17) is 23.2 Å². The summed E-state index contributed by atoms with van der Waals surface area (Å²) in [7, 11) is 0. The summed E-state index contributed by atoms with van der Waals surface area (Å²) in [5, 5.41) is 12.5. The number of benzene rings is 2. The number of aromatic hydroxyl groups is 1. The van der Waals surface area contributed by atoms with Crippen LogP contribution in [-0.2, 0) is 0 Å². The standard InChI is InChI=1S/C13H7BrCl2FNO2/c14-8-3-6(1-2-10(8)17)13(20)18-11-5-7(15)4-9(16)12(11)19/h1-5,19H,(H,18,20). The molecule has 0 radical (unpaired) electrons. The van der Waals surface area contributed by atoms with Crippen LogP contribution in [-0.4, -0.2) is 11.0 Å². The quantitative estimate of drug-likeness (QED) is 0.733. The molecule has 0 unspecified atom stereocenters. The highest BCUT2D eigenvalue weighted by Crippen LogP contribution is 2.35.